The van der Waals surface area contributed by atoms with Gasteiger partial charge in [-0.05, 0) is 47.9 Å². The van der Waals surface area contributed by atoms with Gasteiger partial charge >= 0.3 is 0 Å². The minimum atomic E-state index is -0.0977. The summed E-state index contributed by atoms with van der Waals surface area (Å²) in [6.07, 6.45) is 1.87. The summed E-state index contributed by atoms with van der Waals surface area (Å²) in [5, 5.41) is 0.671. The highest BCUT2D eigenvalue weighted by Gasteiger charge is 2.18. The van der Waals surface area contributed by atoms with Gasteiger partial charge in [0.2, 0.25) is 0 Å². The van der Waals surface area contributed by atoms with Crippen molar-refractivity contribution in [2.24, 2.45) is 0 Å². The molecule has 2 aromatic heterocycles. The van der Waals surface area contributed by atoms with E-state index in [0.717, 1.165) is 32.4 Å². The van der Waals surface area contributed by atoms with E-state index in [-0.39, 0.29) is 5.56 Å². The van der Waals surface area contributed by atoms with E-state index in [1.165, 1.54) is 0 Å². The van der Waals surface area contributed by atoms with Crippen molar-refractivity contribution >= 4 is 38.7 Å². The van der Waals surface area contributed by atoms with Gasteiger partial charge in [0.05, 0.1) is 5.69 Å². The van der Waals surface area contributed by atoms with E-state index in [4.69, 9.17) is 4.98 Å². The molecule has 0 radical (unpaired) electrons. The number of fused-ring (bicyclic) bond motifs is 1. The van der Waals surface area contributed by atoms with Crippen molar-refractivity contribution in [2.45, 2.75) is 17.8 Å². The topological polar surface area (TPSA) is 50.7 Å². The van der Waals surface area contributed by atoms with Crippen LogP contribution in [0.4, 0.5) is 0 Å². The van der Waals surface area contributed by atoms with Crippen LogP contribution in [0.15, 0.2) is 99.5 Å². The third kappa shape index (κ3) is 4.04. The highest BCUT2D eigenvalue weighted by Crippen LogP contribution is 2.30. The molecule has 5 aromatic rings. The molecule has 0 saturated heterocycles. The van der Waals surface area contributed by atoms with Crippen LogP contribution in [0.1, 0.15) is 11.1 Å². The number of nitrogens with one attached hydrogen (secondary N) is 1. The fourth-order valence-corrected chi connectivity index (χ4v) is 5.14. The molecule has 0 aliphatic rings. The maximum atomic E-state index is 13.6. The summed E-state index contributed by atoms with van der Waals surface area (Å²) in [7, 11) is 0. The Labute approximate surface area is 198 Å². The zero-order valence-corrected chi connectivity index (χ0v) is 19.8. The SMILES string of the molecule is Cc1cccc(-n2c(SCc3cccc(Br)c3)nc3c(-c4ccccc4)c[nH]c3c2=O)c1. The maximum absolute atomic E-state index is 13.6. The average molecular weight is 502 g/mol. The second kappa shape index (κ2) is 8.81. The molecule has 0 atom stereocenters. The van der Waals surface area contributed by atoms with Gasteiger partial charge in [-0.15, -0.1) is 0 Å². The van der Waals surface area contributed by atoms with Gasteiger partial charge in [0.1, 0.15) is 11.0 Å². The van der Waals surface area contributed by atoms with Crippen LogP contribution >= 0.6 is 27.7 Å². The van der Waals surface area contributed by atoms with Crippen LogP contribution in [-0.2, 0) is 5.75 Å². The maximum Gasteiger partial charge on any atom is 0.283 e. The van der Waals surface area contributed by atoms with E-state index in [9.17, 15) is 4.79 Å². The van der Waals surface area contributed by atoms with Crippen LogP contribution in [0, 0.1) is 6.92 Å². The zero-order valence-electron chi connectivity index (χ0n) is 17.4. The molecule has 0 amide bonds. The molecule has 5 rings (SSSR count). The van der Waals surface area contributed by atoms with Crippen LogP contribution in [0.25, 0.3) is 27.8 Å². The molecule has 4 nitrogen and oxygen atoms in total. The highest BCUT2D eigenvalue weighted by atomic mass is 79.9. The van der Waals surface area contributed by atoms with Crippen LogP contribution in [0.3, 0.4) is 0 Å². The lowest BCUT2D eigenvalue weighted by Gasteiger charge is -2.13. The third-order valence-electron chi connectivity index (χ3n) is 5.27. The predicted octanol–water partition coefficient (Wildman–Crippen LogP) is 6.74. The van der Waals surface area contributed by atoms with Gasteiger partial charge in [0, 0.05) is 22.0 Å². The molecule has 2 heterocycles. The number of aromatic amines is 1. The first-order chi connectivity index (χ1) is 15.6. The lowest BCUT2D eigenvalue weighted by molar-refractivity contribution is 0.817. The van der Waals surface area contributed by atoms with Gasteiger partial charge in [-0.2, -0.15) is 0 Å². The molecule has 1 N–H and O–H groups in total. The van der Waals surface area contributed by atoms with Crippen LogP contribution in [-0.4, -0.2) is 14.5 Å². The first-order valence-corrected chi connectivity index (χ1v) is 12.0. The Morgan fingerprint density at radius 1 is 1.00 bits per heavy atom. The van der Waals surface area contributed by atoms with Crippen LogP contribution in [0.5, 0.6) is 0 Å². The number of hydrogen-bond acceptors (Lipinski definition) is 3. The quantitative estimate of drug-likeness (QED) is 0.214. The van der Waals surface area contributed by atoms with Crippen molar-refractivity contribution in [2.75, 3.05) is 0 Å². The molecular weight excluding hydrogens is 482 g/mol. The van der Waals surface area contributed by atoms with Crippen LogP contribution < -0.4 is 5.56 Å². The number of benzene rings is 3. The lowest BCUT2D eigenvalue weighted by atomic mass is 10.1. The van der Waals surface area contributed by atoms with Gasteiger partial charge in [-0.3, -0.25) is 9.36 Å². The second-order valence-electron chi connectivity index (χ2n) is 7.58. The largest absolute Gasteiger partial charge is 0.355 e. The number of rotatable bonds is 5. The molecule has 6 heteroatoms. The van der Waals surface area contributed by atoms with Gasteiger partial charge < -0.3 is 4.98 Å². The molecule has 0 bridgehead atoms. The van der Waals surface area contributed by atoms with Crippen molar-refractivity contribution in [1.82, 2.24) is 14.5 Å². The summed E-state index contributed by atoms with van der Waals surface area (Å²) in [5.41, 5.74) is 6.14. The molecule has 3 aromatic carbocycles. The Hall–Kier alpha value is -3.09. The molecular formula is C26H20BrN3OS. The van der Waals surface area contributed by atoms with Gasteiger partial charge in [-0.1, -0.05) is 82.3 Å². The first kappa shape index (κ1) is 20.8. The van der Waals surface area contributed by atoms with Crippen molar-refractivity contribution in [1.29, 1.82) is 0 Å². The average Bonchev–Trinajstić information content (AvgIpc) is 3.23. The number of aryl methyl sites for hydroxylation is 1. The van der Waals surface area contributed by atoms with E-state index < -0.39 is 0 Å². The minimum absolute atomic E-state index is 0.0977. The number of H-pyrrole nitrogens is 1. The summed E-state index contributed by atoms with van der Waals surface area (Å²) in [4.78, 5) is 21.8. The molecule has 0 fully saturated rings. The Morgan fingerprint density at radius 3 is 2.59 bits per heavy atom. The number of aromatic nitrogens is 3. The van der Waals surface area contributed by atoms with E-state index in [2.05, 4.69) is 33.0 Å². The smallest absolute Gasteiger partial charge is 0.283 e. The minimum Gasteiger partial charge on any atom is -0.355 e. The molecule has 0 saturated carbocycles. The van der Waals surface area contributed by atoms with E-state index >= 15 is 0 Å². The third-order valence-corrected chi connectivity index (χ3v) is 6.77. The van der Waals surface area contributed by atoms with E-state index in [1.807, 2.05) is 79.9 Å². The Balaban J connectivity index is 1.69. The molecule has 158 valence electrons. The van der Waals surface area contributed by atoms with Crippen molar-refractivity contribution in [3.8, 4) is 16.8 Å². The Morgan fingerprint density at radius 2 is 1.81 bits per heavy atom. The van der Waals surface area contributed by atoms with Gasteiger partial charge in [0.15, 0.2) is 5.16 Å². The molecule has 0 aliphatic carbocycles. The summed E-state index contributed by atoms with van der Waals surface area (Å²) in [5.74, 6) is 0.703. The fraction of sp³-hybridized carbons (Fsp3) is 0.0769. The van der Waals surface area contributed by atoms with E-state index in [1.54, 1.807) is 16.3 Å². The zero-order chi connectivity index (χ0) is 22.1. The van der Waals surface area contributed by atoms with E-state index in [0.29, 0.717) is 21.9 Å². The van der Waals surface area contributed by atoms with Crippen molar-refractivity contribution in [3.63, 3.8) is 0 Å². The summed E-state index contributed by atoms with van der Waals surface area (Å²) < 4.78 is 2.75. The summed E-state index contributed by atoms with van der Waals surface area (Å²) in [6, 6.07) is 26.2. The standard InChI is InChI=1S/C26H20BrN3OS/c1-17-7-5-12-21(13-17)30-25(31)24-23(22(15-28-24)19-9-3-2-4-10-19)29-26(30)32-16-18-8-6-11-20(27)14-18/h2-15,28H,16H2,1H3. The predicted molar refractivity (Wildman–Crippen MR) is 136 cm³/mol. The normalized spacial score (nSPS) is 11.2. The van der Waals surface area contributed by atoms with Crippen molar-refractivity contribution in [3.05, 3.63) is 111 Å². The van der Waals surface area contributed by atoms with Gasteiger partial charge in [0.25, 0.3) is 5.56 Å². The Kier molecular flexibility index (Phi) is 5.72. The summed E-state index contributed by atoms with van der Waals surface area (Å²) in [6.45, 7) is 2.02. The van der Waals surface area contributed by atoms with Crippen LogP contribution in [0.2, 0.25) is 0 Å². The molecule has 0 spiro atoms. The molecule has 0 aliphatic heterocycles. The first-order valence-electron chi connectivity index (χ1n) is 10.2. The fourth-order valence-electron chi connectivity index (χ4n) is 3.74. The molecule has 0 unspecified atom stereocenters. The summed E-state index contributed by atoms with van der Waals surface area (Å²) >= 11 is 5.10. The molecule has 32 heavy (non-hydrogen) atoms. The monoisotopic (exact) mass is 501 g/mol. The number of hydrogen-bond donors (Lipinski definition) is 1. The number of halogens is 1. The lowest BCUT2D eigenvalue weighted by Crippen LogP contribution is -2.22. The second-order valence-corrected chi connectivity index (χ2v) is 9.44. The number of nitrogens with zero attached hydrogens (tertiary/aromatic N) is 2. The Bertz CT molecular complexity index is 1470. The number of thioether (sulfide) groups is 1. The van der Waals surface area contributed by atoms with Crippen molar-refractivity contribution < 1.29 is 0 Å². The highest BCUT2D eigenvalue weighted by molar-refractivity contribution is 9.10. The van der Waals surface area contributed by atoms with Gasteiger partial charge in [-0.25, -0.2) is 4.98 Å².